The fraction of sp³-hybridized carbons (Fsp3) is 0.632. The van der Waals surface area contributed by atoms with Crippen molar-refractivity contribution in [1.29, 1.82) is 0 Å². The molecule has 4 nitrogen and oxygen atoms in total. The summed E-state index contributed by atoms with van der Waals surface area (Å²) in [6, 6.07) is 6.01. The van der Waals surface area contributed by atoms with Crippen LogP contribution in [0.3, 0.4) is 0 Å². The number of rotatable bonds is 7. The van der Waals surface area contributed by atoms with Crippen LogP contribution >= 0.6 is 0 Å². The minimum absolute atomic E-state index is 0.0321. The zero-order valence-electron chi connectivity index (χ0n) is 14.7. The third-order valence-corrected chi connectivity index (χ3v) is 8.14. The van der Waals surface area contributed by atoms with Crippen LogP contribution in [0.4, 0.5) is 8.78 Å². The summed E-state index contributed by atoms with van der Waals surface area (Å²) in [5.74, 6) is -1.39. The molecule has 2 aliphatic rings. The van der Waals surface area contributed by atoms with Gasteiger partial charge in [-0.15, -0.1) is 0 Å². The maximum atomic E-state index is 13.5. The topological polar surface area (TPSA) is 71.4 Å². The molecule has 0 spiro atoms. The number of carbonyl (C=O) groups is 1. The summed E-state index contributed by atoms with van der Waals surface area (Å²) < 4.78 is 51.7. The first-order chi connectivity index (χ1) is 12.2. The molecule has 2 aliphatic carbocycles. The van der Waals surface area contributed by atoms with Crippen LogP contribution in [0.5, 0.6) is 0 Å². The molecule has 1 unspecified atom stereocenters. The quantitative estimate of drug-likeness (QED) is 0.773. The van der Waals surface area contributed by atoms with Crippen LogP contribution in [0.2, 0.25) is 0 Å². The largest absolute Gasteiger partial charge is 0.481 e. The highest BCUT2D eigenvalue weighted by Gasteiger charge is 2.45. The van der Waals surface area contributed by atoms with Crippen LogP contribution in [-0.2, 0) is 20.0 Å². The van der Waals surface area contributed by atoms with E-state index in [2.05, 4.69) is 0 Å². The second-order valence-electron chi connectivity index (χ2n) is 7.58. The van der Waals surface area contributed by atoms with E-state index in [1.54, 1.807) is 19.1 Å². The summed E-state index contributed by atoms with van der Waals surface area (Å²) in [4.78, 5) is 12.3. The van der Waals surface area contributed by atoms with E-state index in [9.17, 15) is 27.1 Å². The molecule has 2 fully saturated rings. The molecule has 0 bridgehead atoms. The Bertz CT molecular complexity index is 763. The Labute approximate surface area is 152 Å². The van der Waals surface area contributed by atoms with Crippen LogP contribution < -0.4 is 0 Å². The standard InChI is InChI=1S/C19H24F2O4S/c1-2-19(18(22)23,11-12-9-16(20)17(21)10-12)13-3-5-14(6-4-13)26(24,25)15-7-8-15/h3-6,12,15-17H,2,7-11H2,1H3,(H,22,23)/t12-,16+,17-,19?. The SMILES string of the molecule is CCC(C[C@H]1C[C@@H](F)[C@@H](F)C1)(C(=O)O)c1ccc(S(=O)(=O)C2CC2)cc1. The molecular formula is C19H24F2O4S. The van der Waals surface area contributed by atoms with Crippen LogP contribution in [0, 0.1) is 5.92 Å². The van der Waals surface area contributed by atoms with E-state index < -0.39 is 33.6 Å². The molecule has 1 aromatic carbocycles. The lowest BCUT2D eigenvalue weighted by molar-refractivity contribution is -0.145. The summed E-state index contributed by atoms with van der Waals surface area (Å²) in [5.41, 5.74) is -0.781. The first-order valence-electron chi connectivity index (χ1n) is 9.06. The Balaban J connectivity index is 1.89. The number of hydrogen-bond acceptors (Lipinski definition) is 3. The van der Waals surface area contributed by atoms with Crippen molar-refractivity contribution in [3.8, 4) is 0 Å². The van der Waals surface area contributed by atoms with E-state index in [0.717, 1.165) is 0 Å². The average molecular weight is 386 g/mol. The number of benzene rings is 1. The predicted octanol–water partition coefficient (Wildman–Crippen LogP) is 3.83. The lowest BCUT2D eigenvalue weighted by Crippen LogP contribution is -2.37. The van der Waals surface area contributed by atoms with Crippen LogP contribution in [0.25, 0.3) is 0 Å². The van der Waals surface area contributed by atoms with Gasteiger partial charge in [0, 0.05) is 0 Å². The summed E-state index contributed by atoms with van der Waals surface area (Å²) in [5, 5.41) is 9.56. The lowest BCUT2D eigenvalue weighted by Gasteiger charge is -2.31. The van der Waals surface area contributed by atoms with Gasteiger partial charge in [0.1, 0.15) is 12.3 Å². The van der Waals surface area contributed by atoms with Crippen LogP contribution in [0.15, 0.2) is 29.2 Å². The van der Waals surface area contributed by atoms with E-state index in [-0.39, 0.29) is 41.7 Å². The second kappa shape index (κ2) is 6.91. The van der Waals surface area contributed by atoms with E-state index >= 15 is 0 Å². The Hall–Kier alpha value is -1.50. The van der Waals surface area contributed by atoms with Gasteiger partial charge in [-0.1, -0.05) is 19.1 Å². The Morgan fingerprint density at radius 3 is 2.12 bits per heavy atom. The Morgan fingerprint density at radius 1 is 1.15 bits per heavy atom. The van der Waals surface area contributed by atoms with Crippen molar-refractivity contribution >= 4 is 15.8 Å². The molecule has 0 saturated heterocycles. The number of alkyl halides is 2. The maximum absolute atomic E-state index is 13.5. The van der Waals surface area contributed by atoms with Gasteiger partial charge in [0.15, 0.2) is 9.84 Å². The number of halogens is 2. The van der Waals surface area contributed by atoms with Crippen LogP contribution in [0.1, 0.15) is 51.0 Å². The molecule has 1 N–H and O–H groups in total. The second-order valence-corrected chi connectivity index (χ2v) is 9.81. The number of carboxylic acids is 1. The molecule has 1 aromatic rings. The molecule has 0 amide bonds. The van der Waals surface area contributed by atoms with Crippen LogP contribution in [-0.4, -0.2) is 37.1 Å². The summed E-state index contributed by atoms with van der Waals surface area (Å²) >= 11 is 0. The van der Waals surface area contributed by atoms with E-state index in [4.69, 9.17) is 0 Å². The summed E-state index contributed by atoms with van der Waals surface area (Å²) in [6.45, 7) is 1.73. The molecule has 2 saturated carbocycles. The van der Waals surface area contributed by atoms with Gasteiger partial charge in [-0.25, -0.2) is 17.2 Å². The number of carboxylic acid groups (broad SMARTS) is 1. The normalized spacial score (nSPS) is 28.7. The molecular weight excluding hydrogens is 362 g/mol. The van der Waals surface area contributed by atoms with E-state index in [1.165, 1.54) is 12.1 Å². The highest BCUT2D eigenvalue weighted by atomic mass is 32.2. The number of sulfone groups is 1. The van der Waals surface area contributed by atoms with Crippen molar-refractivity contribution in [2.75, 3.05) is 0 Å². The fourth-order valence-corrected chi connectivity index (χ4v) is 5.71. The lowest BCUT2D eigenvalue weighted by atomic mass is 9.71. The minimum atomic E-state index is -3.34. The van der Waals surface area contributed by atoms with Gasteiger partial charge in [0.05, 0.1) is 15.6 Å². The van der Waals surface area contributed by atoms with Gasteiger partial charge in [0.25, 0.3) is 0 Å². The molecule has 0 aliphatic heterocycles. The Morgan fingerprint density at radius 2 is 1.69 bits per heavy atom. The molecule has 0 radical (unpaired) electrons. The first-order valence-corrected chi connectivity index (χ1v) is 10.6. The third kappa shape index (κ3) is 3.38. The van der Waals surface area contributed by atoms with Gasteiger partial charge in [-0.2, -0.15) is 0 Å². The molecule has 4 atom stereocenters. The summed E-state index contributed by atoms with van der Waals surface area (Å²) in [7, 11) is -3.34. The monoisotopic (exact) mass is 386 g/mol. The number of aliphatic carboxylic acids is 1. The fourth-order valence-electron chi connectivity index (χ4n) is 4.05. The third-order valence-electron chi connectivity index (χ3n) is 5.86. The molecule has 0 aromatic heterocycles. The molecule has 7 heteroatoms. The van der Waals surface area contributed by atoms with Gasteiger partial charge in [-0.3, -0.25) is 4.79 Å². The van der Waals surface area contributed by atoms with Crippen molar-refractivity contribution < 1.29 is 27.1 Å². The zero-order valence-corrected chi connectivity index (χ0v) is 15.5. The maximum Gasteiger partial charge on any atom is 0.314 e. The van der Waals surface area contributed by atoms with Crippen molar-refractivity contribution in [3.05, 3.63) is 29.8 Å². The average Bonchev–Trinajstić information content (AvgIpc) is 3.40. The highest BCUT2D eigenvalue weighted by Crippen LogP contribution is 2.43. The molecule has 26 heavy (non-hydrogen) atoms. The molecule has 144 valence electrons. The molecule has 0 heterocycles. The zero-order chi connectivity index (χ0) is 19.1. The highest BCUT2D eigenvalue weighted by molar-refractivity contribution is 7.92. The number of hydrogen-bond donors (Lipinski definition) is 1. The summed E-state index contributed by atoms with van der Waals surface area (Å²) in [6.07, 6.45) is -1.27. The predicted molar refractivity (Wildman–Crippen MR) is 93.4 cm³/mol. The van der Waals surface area contributed by atoms with E-state index in [0.29, 0.717) is 18.4 Å². The van der Waals surface area contributed by atoms with Gasteiger partial charge < -0.3 is 5.11 Å². The van der Waals surface area contributed by atoms with Crippen molar-refractivity contribution in [3.63, 3.8) is 0 Å². The Kier molecular flexibility index (Phi) is 5.12. The smallest absolute Gasteiger partial charge is 0.314 e. The van der Waals surface area contributed by atoms with Crippen molar-refractivity contribution in [2.24, 2.45) is 5.92 Å². The van der Waals surface area contributed by atoms with Gasteiger partial charge in [-0.05, 0) is 62.1 Å². The van der Waals surface area contributed by atoms with Gasteiger partial charge >= 0.3 is 5.97 Å². The van der Waals surface area contributed by atoms with Gasteiger partial charge in [0.2, 0.25) is 0 Å². The minimum Gasteiger partial charge on any atom is -0.481 e. The van der Waals surface area contributed by atoms with Crippen molar-refractivity contribution in [2.45, 2.75) is 73.4 Å². The molecule has 3 rings (SSSR count). The first kappa shape index (κ1) is 19.3. The van der Waals surface area contributed by atoms with E-state index in [1.807, 2.05) is 0 Å². The van der Waals surface area contributed by atoms with Crippen molar-refractivity contribution in [1.82, 2.24) is 0 Å².